The maximum absolute atomic E-state index is 4.55. The van der Waals surface area contributed by atoms with Gasteiger partial charge in [0.1, 0.15) is 16.2 Å². The van der Waals surface area contributed by atoms with Crippen LogP contribution in [0.4, 0.5) is 5.82 Å². The van der Waals surface area contributed by atoms with E-state index in [0.717, 1.165) is 29.3 Å². The lowest BCUT2D eigenvalue weighted by Gasteiger charge is -2.28. The Labute approximate surface area is 125 Å². The molecule has 0 aromatic carbocycles. The summed E-state index contributed by atoms with van der Waals surface area (Å²) in [5.41, 5.74) is 0.193. The van der Waals surface area contributed by atoms with E-state index in [1.165, 1.54) is 0 Å². The lowest BCUT2D eigenvalue weighted by atomic mass is 9.93. The van der Waals surface area contributed by atoms with Gasteiger partial charge in [-0.2, -0.15) is 0 Å². The smallest absolute Gasteiger partial charge is 0.134 e. The largest absolute Gasteiger partial charge is 0.369 e. The minimum absolute atomic E-state index is 0.193. The Balaban J connectivity index is 2.72. The number of hydrogen-bond donors (Lipinski definition) is 1. The van der Waals surface area contributed by atoms with Gasteiger partial charge < -0.3 is 10.2 Å². The van der Waals surface area contributed by atoms with Crippen molar-refractivity contribution in [1.82, 2.24) is 14.9 Å². The highest BCUT2D eigenvalue weighted by atomic mass is 79.9. The van der Waals surface area contributed by atoms with Crippen LogP contribution in [0.25, 0.3) is 0 Å². The van der Waals surface area contributed by atoms with Crippen LogP contribution in [0.5, 0.6) is 0 Å². The molecule has 4 nitrogen and oxygen atoms in total. The van der Waals surface area contributed by atoms with Crippen molar-refractivity contribution in [3.63, 3.8) is 0 Å². The molecule has 19 heavy (non-hydrogen) atoms. The first-order valence-electron chi connectivity index (χ1n) is 6.63. The predicted molar refractivity (Wildman–Crippen MR) is 84.6 cm³/mol. The molecule has 0 amide bonds. The van der Waals surface area contributed by atoms with Gasteiger partial charge in [0.2, 0.25) is 0 Å². The fourth-order valence-electron chi connectivity index (χ4n) is 2.03. The lowest BCUT2D eigenvalue weighted by molar-refractivity contribution is 0.254. The van der Waals surface area contributed by atoms with Gasteiger partial charge in [-0.3, -0.25) is 0 Å². The monoisotopic (exact) mass is 328 g/mol. The van der Waals surface area contributed by atoms with Gasteiger partial charge in [-0.25, -0.2) is 9.97 Å². The van der Waals surface area contributed by atoms with E-state index in [2.05, 4.69) is 77.9 Å². The van der Waals surface area contributed by atoms with Crippen LogP contribution in [-0.2, 0) is 0 Å². The van der Waals surface area contributed by atoms with Crippen molar-refractivity contribution in [3.8, 4) is 0 Å². The van der Waals surface area contributed by atoms with Crippen molar-refractivity contribution in [2.24, 2.45) is 5.41 Å². The number of aromatic nitrogens is 2. The zero-order valence-corrected chi connectivity index (χ0v) is 14.4. The Hall–Kier alpha value is -0.680. The van der Waals surface area contributed by atoms with E-state index in [-0.39, 0.29) is 5.41 Å². The topological polar surface area (TPSA) is 41.1 Å². The second-order valence-corrected chi connectivity index (χ2v) is 7.16. The van der Waals surface area contributed by atoms with Gasteiger partial charge in [-0.1, -0.05) is 27.7 Å². The Morgan fingerprint density at radius 2 is 1.95 bits per heavy atom. The molecule has 1 N–H and O–H groups in total. The van der Waals surface area contributed by atoms with Gasteiger partial charge in [-0.15, -0.1) is 0 Å². The number of nitrogens with one attached hydrogen (secondary N) is 1. The summed E-state index contributed by atoms with van der Waals surface area (Å²) in [5, 5.41) is 3.42. The molecule has 1 heterocycles. The van der Waals surface area contributed by atoms with Gasteiger partial charge in [0, 0.05) is 25.1 Å². The van der Waals surface area contributed by atoms with E-state index in [9.17, 15) is 0 Å². The van der Waals surface area contributed by atoms with Crippen LogP contribution >= 0.6 is 15.9 Å². The standard InChI is InChI=1S/C14H25BrN4/c1-10(2)13-17-11(15)7-12(18-13)16-8-14(3,4)9-19(5)6/h7,10H,8-9H2,1-6H3,(H,16,17,18). The van der Waals surface area contributed by atoms with Crippen LogP contribution in [0.3, 0.4) is 0 Å². The summed E-state index contributed by atoms with van der Waals surface area (Å²) in [7, 11) is 4.19. The summed E-state index contributed by atoms with van der Waals surface area (Å²) in [6.45, 7) is 10.6. The van der Waals surface area contributed by atoms with Crippen molar-refractivity contribution in [1.29, 1.82) is 0 Å². The molecule has 0 bridgehead atoms. The van der Waals surface area contributed by atoms with Crippen molar-refractivity contribution in [2.75, 3.05) is 32.5 Å². The Kier molecular flexibility index (Phi) is 5.74. The maximum Gasteiger partial charge on any atom is 0.134 e. The maximum atomic E-state index is 4.55. The van der Waals surface area contributed by atoms with E-state index in [4.69, 9.17) is 0 Å². The van der Waals surface area contributed by atoms with E-state index < -0.39 is 0 Å². The van der Waals surface area contributed by atoms with Gasteiger partial charge in [0.05, 0.1) is 0 Å². The number of halogens is 1. The average molecular weight is 329 g/mol. The molecule has 0 aliphatic heterocycles. The number of rotatable bonds is 6. The fraction of sp³-hybridized carbons (Fsp3) is 0.714. The highest BCUT2D eigenvalue weighted by molar-refractivity contribution is 9.10. The Morgan fingerprint density at radius 1 is 1.32 bits per heavy atom. The van der Waals surface area contributed by atoms with Crippen LogP contribution in [0.15, 0.2) is 10.7 Å². The second-order valence-electron chi connectivity index (χ2n) is 6.34. The number of hydrogen-bond acceptors (Lipinski definition) is 4. The minimum Gasteiger partial charge on any atom is -0.369 e. The van der Waals surface area contributed by atoms with E-state index in [0.29, 0.717) is 5.92 Å². The summed E-state index contributed by atoms with van der Waals surface area (Å²) in [6.07, 6.45) is 0. The summed E-state index contributed by atoms with van der Waals surface area (Å²) >= 11 is 3.44. The molecule has 0 aliphatic rings. The molecule has 0 fully saturated rings. The third-order valence-corrected chi connectivity index (χ3v) is 3.13. The molecule has 0 atom stereocenters. The normalized spacial score (nSPS) is 12.3. The first kappa shape index (κ1) is 16.4. The highest BCUT2D eigenvalue weighted by Crippen LogP contribution is 2.20. The summed E-state index contributed by atoms with van der Waals surface area (Å²) in [6, 6.07) is 1.93. The van der Waals surface area contributed by atoms with Crippen LogP contribution in [-0.4, -0.2) is 42.1 Å². The van der Waals surface area contributed by atoms with Gasteiger partial charge in [0.15, 0.2) is 0 Å². The molecule has 5 heteroatoms. The molecule has 1 aromatic rings. The molecule has 0 saturated carbocycles. The first-order valence-corrected chi connectivity index (χ1v) is 7.42. The second kappa shape index (κ2) is 6.66. The SMILES string of the molecule is CC(C)c1nc(Br)cc(NCC(C)(C)CN(C)C)n1. The summed E-state index contributed by atoms with van der Waals surface area (Å²) in [5.74, 6) is 2.08. The third kappa shape index (κ3) is 5.87. The van der Waals surface area contributed by atoms with Crippen molar-refractivity contribution in [3.05, 3.63) is 16.5 Å². The quantitative estimate of drug-likeness (QED) is 0.813. The number of anilines is 1. The first-order chi connectivity index (χ1) is 8.69. The van der Waals surface area contributed by atoms with E-state index >= 15 is 0 Å². The molecule has 108 valence electrons. The minimum atomic E-state index is 0.193. The molecular formula is C14H25BrN4. The molecule has 0 unspecified atom stereocenters. The molecule has 1 aromatic heterocycles. The zero-order valence-electron chi connectivity index (χ0n) is 12.8. The van der Waals surface area contributed by atoms with Gasteiger partial charge >= 0.3 is 0 Å². The molecule has 0 aliphatic carbocycles. The van der Waals surface area contributed by atoms with Crippen LogP contribution in [0.1, 0.15) is 39.4 Å². The molecule has 0 radical (unpaired) electrons. The third-order valence-electron chi connectivity index (χ3n) is 2.72. The van der Waals surface area contributed by atoms with Gasteiger partial charge in [-0.05, 0) is 35.4 Å². The molecule has 0 spiro atoms. The highest BCUT2D eigenvalue weighted by Gasteiger charge is 2.19. The zero-order chi connectivity index (χ0) is 14.6. The van der Waals surface area contributed by atoms with Crippen LogP contribution in [0.2, 0.25) is 0 Å². The summed E-state index contributed by atoms with van der Waals surface area (Å²) < 4.78 is 0.833. The predicted octanol–water partition coefficient (Wildman–Crippen LogP) is 3.36. The number of nitrogens with zero attached hydrogens (tertiary/aromatic N) is 3. The Bertz CT molecular complexity index is 416. The summed E-state index contributed by atoms with van der Waals surface area (Å²) in [4.78, 5) is 11.1. The van der Waals surface area contributed by atoms with E-state index in [1.807, 2.05) is 6.07 Å². The molecular weight excluding hydrogens is 304 g/mol. The Morgan fingerprint density at radius 3 is 2.47 bits per heavy atom. The lowest BCUT2D eigenvalue weighted by Crippen LogP contribution is -2.34. The van der Waals surface area contributed by atoms with Crippen LogP contribution in [0, 0.1) is 5.41 Å². The fourth-order valence-corrected chi connectivity index (χ4v) is 2.42. The van der Waals surface area contributed by atoms with Crippen LogP contribution < -0.4 is 5.32 Å². The van der Waals surface area contributed by atoms with Crippen molar-refractivity contribution in [2.45, 2.75) is 33.6 Å². The van der Waals surface area contributed by atoms with Crippen molar-refractivity contribution < 1.29 is 0 Å². The molecule has 1 rings (SSSR count). The van der Waals surface area contributed by atoms with Crippen molar-refractivity contribution >= 4 is 21.7 Å². The average Bonchev–Trinajstić information content (AvgIpc) is 2.24. The van der Waals surface area contributed by atoms with E-state index in [1.54, 1.807) is 0 Å². The van der Waals surface area contributed by atoms with Gasteiger partial charge in [0.25, 0.3) is 0 Å². The molecule has 0 saturated heterocycles.